The van der Waals surface area contributed by atoms with Crippen LogP contribution >= 0.6 is 39.0 Å². The molecule has 0 aliphatic carbocycles. The summed E-state index contributed by atoms with van der Waals surface area (Å²) in [5.74, 6) is 3.21. The highest BCUT2D eigenvalue weighted by atomic mass is 79.9. The molecule has 0 amide bonds. The first-order valence-electron chi connectivity index (χ1n) is 4.97. The zero-order valence-corrected chi connectivity index (χ0v) is 11.5. The number of thioether (sulfide) groups is 1. The Labute approximate surface area is 106 Å². The molecule has 1 saturated heterocycles. The summed E-state index contributed by atoms with van der Waals surface area (Å²) in [5.41, 5.74) is 0. The predicted molar refractivity (Wildman–Crippen MR) is 68.8 cm³/mol. The van der Waals surface area contributed by atoms with E-state index in [1.807, 2.05) is 17.1 Å². The van der Waals surface area contributed by atoms with E-state index in [1.165, 1.54) is 35.7 Å². The molecular weight excluding hydrogens is 294 g/mol. The Morgan fingerprint density at radius 3 is 2.87 bits per heavy atom. The molecular formula is C10H12BrNOS2. The maximum absolute atomic E-state index is 11.8. The third-order valence-electron chi connectivity index (χ3n) is 2.53. The van der Waals surface area contributed by atoms with Crippen molar-refractivity contribution >= 4 is 44.8 Å². The van der Waals surface area contributed by atoms with E-state index in [9.17, 15) is 4.79 Å². The Balaban J connectivity index is 1.91. The number of aromatic nitrogens is 1. The largest absolute Gasteiger partial charge is 0.292 e. The van der Waals surface area contributed by atoms with Crippen molar-refractivity contribution in [2.75, 3.05) is 11.5 Å². The summed E-state index contributed by atoms with van der Waals surface area (Å²) < 4.78 is 0.773. The Morgan fingerprint density at radius 2 is 2.27 bits per heavy atom. The lowest BCUT2D eigenvalue weighted by molar-refractivity contribution is 0.0958. The fraction of sp³-hybridized carbons (Fsp3) is 0.600. The summed E-state index contributed by atoms with van der Waals surface area (Å²) in [5, 5.41) is 2.52. The van der Waals surface area contributed by atoms with Crippen LogP contribution in [0.2, 0.25) is 0 Å². The molecule has 1 aromatic heterocycles. The van der Waals surface area contributed by atoms with Crippen molar-refractivity contribution in [2.24, 2.45) is 5.92 Å². The number of halogens is 1. The molecule has 2 rings (SSSR count). The first-order chi connectivity index (χ1) is 7.25. The van der Waals surface area contributed by atoms with Crippen LogP contribution in [-0.2, 0) is 0 Å². The van der Waals surface area contributed by atoms with Crippen LogP contribution in [0, 0.1) is 5.92 Å². The van der Waals surface area contributed by atoms with Crippen LogP contribution < -0.4 is 0 Å². The van der Waals surface area contributed by atoms with Gasteiger partial charge in [-0.2, -0.15) is 11.8 Å². The van der Waals surface area contributed by atoms with Crippen LogP contribution in [0.25, 0.3) is 0 Å². The van der Waals surface area contributed by atoms with E-state index in [-0.39, 0.29) is 5.78 Å². The summed E-state index contributed by atoms with van der Waals surface area (Å²) in [6, 6.07) is 0. The molecule has 0 spiro atoms. The zero-order valence-electron chi connectivity index (χ0n) is 8.24. The third-order valence-corrected chi connectivity index (χ3v) is 5.17. The molecule has 0 N–H and O–H groups in total. The van der Waals surface area contributed by atoms with Crippen molar-refractivity contribution in [1.29, 1.82) is 0 Å². The van der Waals surface area contributed by atoms with Gasteiger partial charge in [-0.15, -0.1) is 11.3 Å². The summed E-state index contributed by atoms with van der Waals surface area (Å²) in [6.07, 6.45) is 3.05. The molecule has 0 aromatic carbocycles. The Kier molecular flexibility index (Phi) is 4.22. The lowest BCUT2D eigenvalue weighted by Crippen LogP contribution is -2.14. The topological polar surface area (TPSA) is 30.0 Å². The minimum atomic E-state index is 0.211. The fourth-order valence-corrected chi connectivity index (χ4v) is 4.09. The van der Waals surface area contributed by atoms with Crippen molar-refractivity contribution < 1.29 is 4.79 Å². The van der Waals surface area contributed by atoms with Crippen molar-refractivity contribution in [3.63, 3.8) is 0 Å². The zero-order chi connectivity index (χ0) is 10.7. The predicted octanol–water partition coefficient (Wildman–Crippen LogP) is 3.62. The molecule has 1 aromatic rings. The second-order valence-electron chi connectivity index (χ2n) is 3.66. The van der Waals surface area contributed by atoms with Gasteiger partial charge in [-0.3, -0.25) is 4.79 Å². The Morgan fingerprint density at radius 1 is 1.53 bits per heavy atom. The minimum Gasteiger partial charge on any atom is -0.292 e. The fourth-order valence-electron chi connectivity index (χ4n) is 1.68. The quantitative estimate of drug-likeness (QED) is 0.799. The average Bonchev–Trinajstić information content (AvgIpc) is 2.66. The molecule has 0 unspecified atom stereocenters. The Bertz CT molecular complexity index is 347. The van der Waals surface area contributed by atoms with Gasteiger partial charge in [-0.05, 0) is 46.2 Å². The SMILES string of the molecule is O=C(CC1CCSCC1)c1nc(Br)cs1. The highest BCUT2D eigenvalue weighted by molar-refractivity contribution is 9.10. The van der Waals surface area contributed by atoms with Gasteiger partial charge < -0.3 is 0 Å². The van der Waals surface area contributed by atoms with Gasteiger partial charge in [-0.1, -0.05) is 0 Å². The number of carbonyl (C=O) groups excluding carboxylic acids is 1. The van der Waals surface area contributed by atoms with E-state index < -0.39 is 0 Å². The molecule has 0 radical (unpaired) electrons. The lowest BCUT2D eigenvalue weighted by Gasteiger charge is -2.19. The van der Waals surface area contributed by atoms with Gasteiger partial charge in [0.15, 0.2) is 10.8 Å². The summed E-state index contributed by atoms with van der Waals surface area (Å²) in [6.45, 7) is 0. The first kappa shape index (κ1) is 11.6. The van der Waals surface area contributed by atoms with Crippen molar-refractivity contribution in [2.45, 2.75) is 19.3 Å². The van der Waals surface area contributed by atoms with Crippen molar-refractivity contribution in [1.82, 2.24) is 4.98 Å². The normalized spacial score (nSPS) is 17.9. The molecule has 0 saturated carbocycles. The second kappa shape index (κ2) is 5.46. The van der Waals surface area contributed by atoms with E-state index in [2.05, 4.69) is 20.9 Å². The van der Waals surface area contributed by atoms with Gasteiger partial charge in [0, 0.05) is 11.8 Å². The maximum atomic E-state index is 11.8. The van der Waals surface area contributed by atoms with Crippen LogP contribution in [0.4, 0.5) is 0 Å². The number of Topliss-reactive ketones (excluding diaryl/α,β-unsaturated/α-hetero) is 1. The molecule has 0 bridgehead atoms. The van der Waals surface area contributed by atoms with Crippen LogP contribution in [0.1, 0.15) is 29.1 Å². The standard InChI is InChI=1S/C10H12BrNOS2/c11-9-6-15-10(12-9)8(13)5-7-1-3-14-4-2-7/h6-7H,1-5H2. The van der Waals surface area contributed by atoms with Crippen LogP contribution in [0.15, 0.2) is 9.98 Å². The Hall–Kier alpha value is 0.130. The van der Waals surface area contributed by atoms with Crippen LogP contribution in [0.3, 0.4) is 0 Å². The molecule has 15 heavy (non-hydrogen) atoms. The summed E-state index contributed by atoms with van der Waals surface area (Å²) >= 11 is 6.70. The second-order valence-corrected chi connectivity index (χ2v) is 6.55. The lowest BCUT2D eigenvalue weighted by atomic mass is 9.97. The van der Waals surface area contributed by atoms with Crippen molar-refractivity contribution in [3.05, 3.63) is 15.0 Å². The molecule has 0 atom stereocenters. The summed E-state index contributed by atoms with van der Waals surface area (Å²) in [4.78, 5) is 16.0. The third kappa shape index (κ3) is 3.29. The molecule has 5 heteroatoms. The highest BCUT2D eigenvalue weighted by Gasteiger charge is 2.19. The number of carbonyl (C=O) groups is 1. The van der Waals surface area contributed by atoms with Gasteiger partial charge in [-0.25, -0.2) is 4.98 Å². The minimum absolute atomic E-state index is 0.211. The van der Waals surface area contributed by atoms with Crippen LogP contribution in [-0.4, -0.2) is 22.3 Å². The van der Waals surface area contributed by atoms with Crippen LogP contribution in [0.5, 0.6) is 0 Å². The molecule has 82 valence electrons. The van der Waals surface area contributed by atoms with E-state index in [0.717, 1.165) is 4.60 Å². The van der Waals surface area contributed by atoms with E-state index in [1.54, 1.807) is 0 Å². The van der Waals surface area contributed by atoms with Crippen molar-refractivity contribution in [3.8, 4) is 0 Å². The summed E-state index contributed by atoms with van der Waals surface area (Å²) in [7, 11) is 0. The van der Waals surface area contributed by atoms with Gasteiger partial charge in [0.05, 0.1) is 0 Å². The van der Waals surface area contributed by atoms with Gasteiger partial charge in [0.1, 0.15) is 4.60 Å². The monoisotopic (exact) mass is 305 g/mol. The van der Waals surface area contributed by atoms with E-state index in [4.69, 9.17) is 0 Å². The maximum Gasteiger partial charge on any atom is 0.191 e. The smallest absolute Gasteiger partial charge is 0.191 e. The molecule has 1 fully saturated rings. The number of rotatable bonds is 3. The first-order valence-corrected chi connectivity index (χ1v) is 7.80. The molecule has 1 aliphatic heterocycles. The number of hydrogen-bond acceptors (Lipinski definition) is 4. The molecule has 1 aliphatic rings. The highest BCUT2D eigenvalue weighted by Crippen LogP contribution is 2.27. The number of ketones is 1. The van der Waals surface area contributed by atoms with Gasteiger partial charge >= 0.3 is 0 Å². The van der Waals surface area contributed by atoms with Gasteiger partial charge in [0.25, 0.3) is 0 Å². The average molecular weight is 306 g/mol. The van der Waals surface area contributed by atoms with E-state index >= 15 is 0 Å². The number of hydrogen-bond donors (Lipinski definition) is 0. The molecule has 2 heterocycles. The van der Waals surface area contributed by atoms with Gasteiger partial charge in [0.2, 0.25) is 0 Å². The number of thiazole rings is 1. The molecule has 2 nitrogen and oxygen atoms in total. The van der Waals surface area contributed by atoms with E-state index in [0.29, 0.717) is 17.3 Å². The number of nitrogens with zero attached hydrogens (tertiary/aromatic N) is 1.